The zero-order valence-electron chi connectivity index (χ0n) is 10.0. The van der Waals surface area contributed by atoms with Gasteiger partial charge in [0.05, 0.1) is 6.20 Å². The molecule has 0 amide bonds. The van der Waals surface area contributed by atoms with Crippen molar-refractivity contribution in [2.24, 2.45) is 11.7 Å². The number of hydrogen-bond acceptors (Lipinski definition) is 4. The molecule has 2 N–H and O–H groups in total. The maximum Gasteiger partial charge on any atom is 0.185 e. The van der Waals surface area contributed by atoms with E-state index in [4.69, 9.17) is 5.73 Å². The van der Waals surface area contributed by atoms with Crippen molar-refractivity contribution in [1.29, 1.82) is 0 Å². The Hall–Kier alpha value is -1.23. The number of nitrogens with zero attached hydrogens (tertiary/aromatic N) is 3. The van der Waals surface area contributed by atoms with E-state index in [0.29, 0.717) is 12.2 Å². The SMILES string of the molecule is CCCn1nncc1C(=O)C(C)CCCN. The van der Waals surface area contributed by atoms with Gasteiger partial charge in [-0.25, -0.2) is 4.68 Å². The zero-order chi connectivity index (χ0) is 12.0. The highest BCUT2D eigenvalue weighted by Crippen LogP contribution is 2.12. The molecule has 0 bridgehead atoms. The summed E-state index contributed by atoms with van der Waals surface area (Å²) in [5.74, 6) is 0.115. The Morgan fingerprint density at radius 1 is 1.62 bits per heavy atom. The lowest BCUT2D eigenvalue weighted by atomic mass is 9.98. The van der Waals surface area contributed by atoms with E-state index in [0.717, 1.165) is 25.8 Å². The molecular weight excluding hydrogens is 204 g/mol. The summed E-state index contributed by atoms with van der Waals surface area (Å²) < 4.78 is 1.68. The van der Waals surface area contributed by atoms with Crippen LogP contribution in [0.1, 0.15) is 43.6 Å². The first-order valence-electron chi connectivity index (χ1n) is 5.83. The van der Waals surface area contributed by atoms with Gasteiger partial charge in [0.1, 0.15) is 5.69 Å². The van der Waals surface area contributed by atoms with Crippen LogP contribution in [0.5, 0.6) is 0 Å². The fraction of sp³-hybridized carbons (Fsp3) is 0.727. The maximum absolute atomic E-state index is 12.1. The number of Topliss-reactive ketones (excluding diaryl/α,β-unsaturated/α-hetero) is 1. The van der Waals surface area contributed by atoms with Gasteiger partial charge >= 0.3 is 0 Å². The number of hydrogen-bond donors (Lipinski definition) is 1. The number of carbonyl (C=O) groups is 1. The van der Waals surface area contributed by atoms with Crippen LogP contribution < -0.4 is 5.73 Å². The highest BCUT2D eigenvalue weighted by atomic mass is 16.1. The van der Waals surface area contributed by atoms with Gasteiger partial charge in [-0.2, -0.15) is 0 Å². The molecule has 1 atom stereocenters. The van der Waals surface area contributed by atoms with Crippen LogP contribution in [0.15, 0.2) is 6.20 Å². The molecule has 90 valence electrons. The minimum atomic E-state index is -0.00217. The van der Waals surface area contributed by atoms with Crippen molar-refractivity contribution in [1.82, 2.24) is 15.0 Å². The predicted molar refractivity (Wildman–Crippen MR) is 62.1 cm³/mol. The second-order valence-corrected chi connectivity index (χ2v) is 4.04. The quantitative estimate of drug-likeness (QED) is 0.707. The normalized spacial score (nSPS) is 12.7. The molecule has 0 fully saturated rings. The zero-order valence-corrected chi connectivity index (χ0v) is 10.0. The van der Waals surface area contributed by atoms with Crippen molar-refractivity contribution < 1.29 is 4.79 Å². The molecular formula is C11H20N4O. The highest BCUT2D eigenvalue weighted by Gasteiger charge is 2.19. The summed E-state index contributed by atoms with van der Waals surface area (Å²) in [5, 5.41) is 7.70. The van der Waals surface area contributed by atoms with Gasteiger partial charge in [-0.15, -0.1) is 5.10 Å². The average molecular weight is 224 g/mol. The highest BCUT2D eigenvalue weighted by molar-refractivity contribution is 5.95. The summed E-state index contributed by atoms with van der Waals surface area (Å²) in [6.07, 6.45) is 4.20. The van der Waals surface area contributed by atoms with Gasteiger partial charge in [-0.1, -0.05) is 19.1 Å². The Balaban J connectivity index is 2.67. The van der Waals surface area contributed by atoms with Crippen LogP contribution in [-0.2, 0) is 6.54 Å². The summed E-state index contributed by atoms with van der Waals surface area (Å²) in [6, 6.07) is 0. The van der Waals surface area contributed by atoms with E-state index in [2.05, 4.69) is 10.3 Å². The minimum absolute atomic E-state index is 0.00217. The van der Waals surface area contributed by atoms with Crippen LogP contribution in [0.4, 0.5) is 0 Å². The first-order chi connectivity index (χ1) is 7.70. The first-order valence-corrected chi connectivity index (χ1v) is 5.83. The second kappa shape index (κ2) is 6.37. The van der Waals surface area contributed by atoms with Gasteiger partial charge in [0.2, 0.25) is 0 Å². The molecule has 0 radical (unpaired) electrons. The maximum atomic E-state index is 12.1. The lowest BCUT2D eigenvalue weighted by Crippen LogP contribution is -2.18. The molecule has 0 spiro atoms. The largest absolute Gasteiger partial charge is 0.330 e. The van der Waals surface area contributed by atoms with Gasteiger partial charge < -0.3 is 5.73 Å². The molecule has 5 heteroatoms. The third kappa shape index (κ3) is 3.13. The van der Waals surface area contributed by atoms with Gasteiger partial charge in [-0.3, -0.25) is 4.79 Å². The van der Waals surface area contributed by atoms with Crippen LogP contribution >= 0.6 is 0 Å². The van der Waals surface area contributed by atoms with Gasteiger partial charge in [0, 0.05) is 12.5 Å². The van der Waals surface area contributed by atoms with E-state index in [-0.39, 0.29) is 11.7 Å². The molecule has 0 aliphatic rings. The fourth-order valence-corrected chi connectivity index (χ4v) is 1.63. The second-order valence-electron chi connectivity index (χ2n) is 4.04. The van der Waals surface area contributed by atoms with Crippen LogP contribution in [0.3, 0.4) is 0 Å². The fourth-order valence-electron chi connectivity index (χ4n) is 1.63. The monoisotopic (exact) mass is 224 g/mol. The minimum Gasteiger partial charge on any atom is -0.330 e. The number of aromatic nitrogens is 3. The molecule has 1 aromatic rings. The summed E-state index contributed by atoms with van der Waals surface area (Å²) in [5.41, 5.74) is 6.05. The Morgan fingerprint density at radius 2 is 2.38 bits per heavy atom. The standard InChI is InChI=1S/C11H20N4O/c1-3-7-15-10(8-13-14-15)11(16)9(2)5-4-6-12/h8-9H,3-7,12H2,1-2H3. The number of aryl methyl sites for hydroxylation is 1. The van der Waals surface area contributed by atoms with Gasteiger partial charge in [-0.05, 0) is 25.8 Å². The number of carbonyl (C=O) groups excluding carboxylic acids is 1. The smallest absolute Gasteiger partial charge is 0.185 e. The first kappa shape index (κ1) is 12.8. The number of ketones is 1. The van der Waals surface area contributed by atoms with Crippen molar-refractivity contribution in [2.75, 3.05) is 6.54 Å². The average Bonchev–Trinajstić information content (AvgIpc) is 2.73. The van der Waals surface area contributed by atoms with Crippen molar-refractivity contribution in [3.05, 3.63) is 11.9 Å². The third-order valence-electron chi connectivity index (χ3n) is 2.59. The Bertz CT molecular complexity index is 334. The van der Waals surface area contributed by atoms with Crippen LogP contribution in [0, 0.1) is 5.92 Å². The number of rotatable bonds is 7. The van der Waals surface area contributed by atoms with Crippen molar-refractivity contribution in [3.8, 4) is 0 Å². The van der Waals surface area contributed by atoms with E-state index in [1.54, 1.807) is 10.9 Å². The summed E-state index contributed by atoms with van der Waals surface area (Å²) in [4.78, 5) is 12.1. The van der Waals surface area contributed by atoms with E-state index < -0.39 is 0 Å². The Kier molecular flexibility index (Phi) is 5.11. The molecule has 0 aliphatic heterocycles. The van der Waals surface area contributed by atoms with E-state index in [1.807, 2.05) is 13.8 Å². The van der Waals surface area contributed by atoms with Crippen molar-refractivity contribution in [3.63, 3.8) is 0 Å². The Morgan fingerprint density at radius 3 is 3.00 bits per heavy atom. The summed E-state index contributed by atoms with van der Waals surface area (Å²) in [7, 11) is 0. The lowest BCUT2D eigenvalue weighted by Gasteiger charge is -2.10. The molecule has 0 aliphatic carbocycles. The van der Waals surface area contributed by atoms with E-state index >= 15 is 0 Å². The summed E-state index contributed by atoms with van der Waals surface area (Å²) >= 11 is 0. The van der Waals surface area contributed by atoms with Gasteiger partial charge in [0.25, 0.3) is 0 Å². The molecule has 5 nitrogen and oxygen atoms in total. The molecule has 0 aromatic carbocycles. The molecule has 1 heterocycles. The molecule has 1 rings (SSSR count). The van der Waals surface area contributed by atoms with Crippen LogP contribution in [0.2, 0.25) is 0 Å². The predicted octanol–water partition coefficient (Wildman–Crippen LogP) is 1.25. The van der Waals surface area contributed by atoms with Crippen LogP contribution in [-0.4, -0.2) is 27.3 Å². The molecule has 0 saturated heterocycles. The van der Waals surface area contributed by atoms with Crippen molar-refractivity contribution in [2.45, 2.75) is 39.7 Å². The van der Waals surface area contributed by atoms with Crippen molar-refractivity contribution >= 4 is 5.78 Å². The molecule has 1 aromatic heterocycles. The molecule has 16 heavy (non-hydrogen) atoms. The number of nitrogens with two attached hydrogens (primary N) is 1. The topological polar surface area (TPSA) is 73.8 Å². The van der Waals surface area contributed by atoms with Crippen LogP contribution in [0.25, 0.3) is 0 Å². The summed E-state index contributed by atoms with van der Waals surface area (Å²) in [6.45, 7) is 5.35. The third-order valence-corrected chi connectivity index (χ3v) is 2.59. The Labute approximate surface area is 96.0 Å². The lowest BCUT2D eigenvalue weighted by molar-refractivity contribution is 0.0912. The molecule has 0 saturated carbocycles. The van der Waals surface area contributed by atoms with E-state index in [9.17, 15) is 4.79 Å². The van der Waals surface area contributed by atoms with Gasteiger partial charge in [0.15, 0.2) is 5.78 Å². The van der Waals surface area contributed by atoms with E-state index in [1.165, 1.54) is 0 Å². The molecule has 1 unspecified atom stereocenters.